The van der Waals surface area contributed by atoms with Crippen LogP contribution in [0, 0.1) is 18.6 Å². The molecule has 0 aromatic heterocycles. The van der Waals surface area contributed by atoms with Crippen LogP contribution in [0.5, 0.6) is 0 Å². The molecule has 0 fully saturated rings. The van der Waals surface area contributed by atoms with Crippen LogP contribution in [0.4, 0.5) is 8.78 Å². The van der Waals surface area contributed by atoms with Crippen molar-refractivity contribution in [2.45, 2.75) is 25.8 Å². The Morgan fingerprint density at radius 3 is 2.25 bits per heavy atom. The highest BCUT2D eigenvalue weighted by molar-refractivity contribution is 5.33. The van der Waals surface area contributed by atoms with Gasteiger partial charge in [0.2, 0.25) is 0 Å². The molecular formula is C17H19F2N. The van der Waals surface area contributed by atoms with Crippen molar-refractivity contribution in [3.8, 4) is 0 Å². The van der Waals surface area contributed by atoms with Crippen LogP contribution in [0.3, 0.4) is 0 Å². The minimum atomic E-state index is -0.504. The van der Waals surface area contributed by atoms with Crippen LogP contribution in [0.1, 0.15) is 35.6 Å². The van der Waals surface area contributed by atoms with E-state index in [1.54, 1.807) is 14.0 Å². The molecule has 1 nitrogen and oxygen atoms in total. The first kappa shape index (κ1) is 14.7. The smallest absolute Gasteiger partial charge is 0.133 e. The van der Waals surface area contributed by atoms with Crippen LogP contribution in [0.15, 0.2) is 42.5 Å². The van der Waals surface area contributed by atoms with E-state index in [0.29, 0.717) is 5.56 Å². The van der Waals surface area contributed by atoms with Gasteiger partial charge in [0.1, 0.15) is 11.6 Å². The van der Waals surface area contributed by atoms with Crippen molar-refractivity contribution >= 4 is 0 Å². The van der Waals surface area contributed by atoms with Gasteiger partial charge in [-0.2, -0.15) is 0 Å². The summed E-state index contributed by atoms with van der Waals surface area (Å²) in [5, 5.41) is 3.05. The van der Waals surface area contributed by atoms with Crippen LogP contribution >= 0.6 is 0 Å². The first-order valence-corrected chi connectivity index (χ1v) is 6.73. The summed E-state index contributed by atoms with van der Waals surface area (Å²) in [5.41, 5.74) is 1.62. The topological polar surface area (TPSA) is 12.0 Å². The molecule has 20 heavy (non-hydrogen) atoms. The van der Waals surface area contributed by atoms with Crippen LogP contribution in [-0.2, 0) is 0 Å². The summed E-state index contributed by atoms with van der Waals surface area (Å²) in [5.74, 6) is -1.01. The van der Waals surface area contributed by atoms with E-state index >= 15 is 0 Å². The Morgan fingerprint density at radius 2 is 1.65 bits per heavy atom. The molecule has 0 bridgehead atoms. The third kappa shape index (κ3) is 2.73. The Hall–Kier alpha value is -1.74. The van der Waals surface area contributed by atoms with Crippen LogP contribution in [-0.4, -0.2) is 7.05 Å². The van der Waals surface area contributed by atoms with E-state index in [1.807, 2.05) is 37.3 Å². The van der Waals surface area contributed by atoms with Gasteiger partial charge < -0.3 is 5.32 Å². The molecule has 0 heterocycles. The van der Waals surface area contributed by atoms with E-state index in [9.17, 15) is 8.78 Å². The summed E-state index contributed by atoms with van der Waals surface area (Å²) >= 11 is 0. The number of nitrogens with one attached hydrogen (secondary N) is 1. The predicted octanol–water partition coefficient (Wildman–Crippen LogP) is 4.34. The van der Waals surface area contributed by atoms with E-state index in [2.05, 4.69) is 5.32 Å². The minimum Gasteiger partial charge on any atom is -0.312 e. The lowest BCUT2D eigenvalue weighted by Gasteiger charge is -2.25. The number of aryl methyl sites for hydroxylation is 1. The Labute approximate surface area is 118 Å². The number of hydrogen-bond donors (Lipinski definition) is 1. The molecule has 0 aliphatic carbocycles. The highest BCUT2D eigenvalue weighted by Gasteiger charge is 2.26. The summed E-state index contributed by atoms with van der Waals surface area (Å²) in [7, 11) is 1.73. The van der Waals surface area contributed by atoms with Gasteiger partial charge in [0.05, 0.1) is 0 Å². The molecule has 106 valence electrons. The Bertz CT molecular complexity index is 581. The zero-order valence-electron chi connectivity index (χ0n) is 12.0. The average Bonchev–Trinajstić information content (AvgIpc) is 2.48. The van der Waals surface area contributed by atoms with Gasteiger partial charge in [-0.15, -0.1) is 0 Å². The number of rotatable bonds is 4. The molecule has 3 heteroatoms. The van der Waals surface area contributed by atoms with Crippen LogP contribution < -0.4 is 5.32 Å². The SMILES string of the molecule is CNC(c1c(F)ccc(C)c1F)C(C)c1ccccc1. The van der Waals surface area contributed by atoms with Crippen molar-refractivity contribution in [1.82, 2.24) is 5.32 Å². The molecule has 2 aromatic carbocycles. The second-order valence-corrected chi connectivity index (χ2v) is 5.06. The molecule has 0 aliphatic heterocycles. The van der Waals surface area contributed by atoms with Gasteiger partial charge in [-0.1, -0.05) is 43.3 Å². The monoisotopic (exact) mass is 275 g/mol. The maximum absolute atomic E-state index is 14.3. The van der Waals surface area contributed by atoms with Gasteiger partial charge in [0, 0.05) is 17.5 Å². The minimum absolute atomic E-state index is 0.0352. The predicted molar refractivity (Wildman–Crippen MR) is 77.8 cm³/mol. The normalized spacial score (nSPS) is 14.1. The van der Waals surface area contributed by atoms with Crippen LogP contribution in [0.25, 0.3) is 0 Å². The van der Waals surface area contributed by atoms with Crippen molar-refractivity contribution in [3.05, 3.63) is 70.8 Å². The third-order valence-electron chi connectivity index (χ3n) is 3.77. The molecule has 0 saturated carbocycles. The molecule has 2 unspecified atom stereocenters. The summed E-state index contributed by atoms with van der Waals surface area (Å²) < 4.78 is 28.4. The molecular weight excluding hydrogens is 256 g/mol. The van der Waals surface area contributed by atoms with E-state index in [4.69, 9.17) is 0 Å². The maximum atomic E-state index is 14.3. The summed E-state index contributed by atoms with van der Waals surface area (Å²) in [4.78, 5) is 0. The molecule has 0 saturated heterocycles. The quantitative estimate of drug-likeness (QED) is 0.875. The van der Waals surface area contributed by atoms with Crippen molar-refractivity contribution < 1.29 is 8.78 Å². The van der Waals surface area contributed by atoms with Crippen LogP contribution in [0.2, 0.25) is 0 Å². The summed E-state index contributed by atoms with van der Waals surface area (Å²) in [6, 6.07) is 12.1. The molecule has 2 aromatic rings. The standard InChI is InChI=1S/C17H19F2N/c1-11-9-10-14(18)15(16(11)19)17(20-3)12(2)13-7-5-4-6-8-13/h4-10,12,17,20H,1-3H3. The molecule has 2 rings (SSSR count). The van der Waals surface area contributed by atoms with Gasteiger partial charge >= 0.3 is 0 Å². The number of halogens is 2. The number of benzene rings is 2. The zero-order chi connectivity index (χ0) is 14.7. The van der Waals surface area contributed by atoms with Gasteiger partial charge in [0.15, 0.2) is 0 Å². The maximum Gasteiger partial charge on any atom is 0.133 e. The molecule has 0 radical (unpaired) electrons. The van der Waals surface area contributed by atoms with Gasteiger partial charge in [0.25, 0.3) is 0 Å². The third-order valence-corrected chi connectivity index (χ3v) is 3.77. The molecule has 0 amide bonds. The van der Waals surface area contributed by atoms with Gasteiger partial charge in [-0.25, -0.2) is 8.78 Å². The fourth-order valence-electron chi connectivity index (χ4n) is 2.56. The van der Waals surface area contributed by atoms with E-state index in [0.717, 1.165) is 5.56 Å². The molecule has 1 N–H and O–H groups in total. The van der Waals surface area contributed by atoms with Gasteiger partial charge in [-0.3, -0.25) is 0 Å². The summed E-state index contributed by atoms with van der Waals surface area (Å²) in [6.07, 6.45) is 0. The fraction of sp³-hybridized carbons (Fsp3) is 0.294. The Kier molecular flexibility index (Phi) is 4.50. The Balaban J connectivity index is 2.46. The lowest BCUT2D eigenvalue weighted by molar-refractivity contribution is 0.446. The van der Waals surface area contributed by atoms with Crippen molar-refractivity contribution in [2.24, 2.45) is 0 Å². The molecule has 0 aliphatic rings. The Morgan fingerprint density at radius 1 is 1.00 bits per heavy atom. The zero-order valence-corrected chi connectivity index (χ0v) is 12.0. The van der Waals surface area contributed by atoms with E-state index in [1.165, 1.54) is 12.1 Å². The first-order chi connectivity index (χ1) is 9.56. The summed E-state index contributed by atoms with van der Waals surface area (Å²) in [6.45, 7) is 3.62. The fourth-order valence-corrected chi connectivity index (χ4v) is 2.56. The number of hydrogen-bond acceptors (Lipinski definition) is 1. The van der Waals surface area contributed by atoms with Crippen molar-refractivity contribution in [1.29, 1.82) is 0 Å². The van der Waals surface area contributed by atoms with Gasteiger partial charge in [-0.05, 0) is 31.2 Å². The lowest BCUT2D eigenvalue weighted by Crippen LogP contribution is -2.25. The molecule has 0 spiro atoms. The largest absolute Gasteiger partial charge is 0.312 e. The second-order valence-electron chi connectivity index (χ2n) is 5.06. The lowest BCUT2D eigenvalue weighted by atomic mass is 9.87. The first-order valence-electron chi connectivity index (χ1n) is 6.73. The highest BCUT2D eigenvalue weighted by Crippen LogP contribution is 2.34. The second kappa shape index (κ2) is 6.14. The van der Waals surface area contributed by atoms with E-state index in [-0.39, 0.29) is 11.5 Å². The highest BCUT2D eigenvalue weighted by atomic mass is 19.1. The number of likely N-dealkylation sites (N-methyl/N-ethyl adjacent to an activating group) is 1. The average molecular weight is 275 g/mol. The van der Waals surface area contributed by atoms with E-state index < -0.39 is 17.7 Å². The molecule has 2 atom stereocenters. The van der Waals surface area contributed by atoms with Crippen molar-refractivity contribution in [3.63, 3.8) is 0 Å². The van der Waals surface area contributed by atoms with Crippen molar-refractivity contribution in [2.75, 3.05) is 7.05 Å².